The van der Waals surface area contributed by atoms with Gasteiger partial charge >= 0.3 is 0 Å². The van der Waals surface area contributed by atoms with Crippen molar-refractivity contribution in [2.24, 2.45) is 0 Å². The first-order valence-corrected chi connectivity index (χ1v) is 10.4. The fourth-order valence-electron chi connectivity index (χ4n) is 4.38. The zero-order chi connectivity index (χ0) is 20.8. The number of ether oxygens (including phenoxy) is 1. The van der Waals surface area contributed by atoms with Crippen molar-refractivity contribution in [1.82, 2.24) is 10.1 Å². The Labute approximate surface area is 173 Å². The number of H-pyrrole nitrogens is 1. The summed E-state index contributed by atoms with van der Waals surface area (Å²) in [6.07, 6.45) is 7.05. The van der Waals surface area contributed by atoms with Crippen LogP contribution in [0.5, 0.6) is 0 Å². The predicted octanol–water partition coefficient (Wildman–Crippen LogP) is 5.77. The Balaban J connectivity index is 1.75. The minimum absolute atomic E-state index is 0.00209. The Bertz CT molecular complexity index is 1240. The standard InChI is InChI=1S/C24H23F2N3O/c1-14(2)24-23(15-6-7-19(25)20(26)10-15)18-9-17-13-28-29(22-5-3-4-8-30-22)21(17)11-16(18)12-27-24/h6-7,9-14,22H,3-5,8H2,1-2H3/p+1. The molecule has 1 aliphatic heterocycles. The topological polar surface area (TPSA) is 41.8 Å². The molecule has 6 heteroatoms. The first kappa shape index (κ1) is 19.1. The van der Waals surface area contributed by atoms with Gasteiger partial charge in [-0.15, -0.1) is 0 Å². The molecule has 154 valence electrons. The number of rotatable bonds is 3. The van der Waals surface area contributed by atoms with Gasteiger partial charge in [-0.25, -0.2) is 8.78 Å². The first-order valence-electron chi connectivity index (χ1n) is 10.4. The first-order chi connectivity index (χ1) is 14.5. The van der Waals surface area contributed by atoms with Crippen molar-refractivity contribution < 1.29 is 18.2 Å². The van der Waals surface area contributed by atoms with Gasteiger partial charge in [0.25, 0.3) is 6.23 Å². The van der Waals surface area contributed by atoms with Crippen LogP contribution in [0.4, 0.5) is 8.78 Å². The molecule has 3 heterocycles. The van der Waals surface area contributed by atoms with E-state index in [1.807, 2.05) is 12.4 Å². The lowest BCUT2D eigenvalue weighted by Crippen LogP contribution is -2.44. The van der Waals surface area contributed by atoms with Crippen LogP contribution in [0, 0.1) is 11.6 Å². The summed E-state index contributed by atoms with van der Waals surface area (Å²) in [5.74, 6) is -1.56. The molecule has 1 atom stereocenters. The molecule has 1 unspecified atom stereocenters. The molecule has 2 aromatic heterocycles. The molecule has 2 aromatic carbocycles. The van der Waals surface area contributed by atoms with Crippen molar-refractivity contribution in [3.8, 4) is 11.1 Å². The second-order valence-corrected chi connectivity index (χ2v) is 8.26. The third-order valence-electron chi connectivity index (χ3n) is 5.88. The van der Waals surface area contributed by atoms with Gasteiger partial charge in [-0.3, -0.25) is 4.98 Å². The summed E-state index contributed by atoms with van der Waals surface area (Å²) in [6.45, 7) is 4.88. The molecule has 0 amide bonds. The largest absolute Gasteiger partial charge is 0.319 e. The lowest BCUT2D eigenvalue weighted by molar-refractivity contribution is -0.790. The molecule has 0 bridgehead atoms. The zero-order valence-corrected chi connectivity index (χ0v) is 17.1. The van der Waals surface area contributed by atoms with Crippen molar-refractivity contribution >= 4 is 21.7 Å². The average molecular weight is 408 g/mol. The van der Waals surface area contributed by atoms with E-state index in [9.17, 15) is 8.78 Å². The van der Waals surface area contributed by atoms with Crippen molar-refractivity contribution in [3.05, 3.63) is 60.1 Å². The average Bonchev–Trinajstić information content (AvgIpc) is 3.16. The maximum Gasteiger partial charge on any atom is 0.286 e. The number of hydrogen-bond donors (Lipinski definition) is 1. The predicted molar refractivity (Wildman–Crippen MR) is 112 cm³/mol. The highest BCUT2D eigenvalue weighted by atomic mass is 19.2. The molecule has 1 saturated heterocycles. The van der Waals surface area contributed by atoms with Crippen LogP contribution >= 0.6 is 0 Å². The summed E-state index contributed by atoms with van der Waals surface area (Å²) >= 11 is 0. The smallest absolute Gasteiger partial charge is 0.286 e. The molecular weight excluding hydrogens is 384 g/mol. The Morgan fingerprint density at radius 3 is 2.70 bits per heavy atom. The van der Waals surface area contributed by atoms with Crippen LogP contribution in [0.25, 0.3) is 32.8 Å². The Morgan fingerprint density at radius 1 is 1.10 bits per heavy atom. The summed E-state index contributed by atoms with van der Waals surface area (Å²) in [4.78, 5) is 4.70. The second kappa shape index (κ2) is 7.43. The van der Waals surface area contributed by atoms with Crippen LogP contribution in [0.3, 0.4) is 0 Å². The molecule has 0 radical (unpaired) electrons. The lowest BCUT2D eigenvalue weighted by Gasteiger charge is -2.17. The van der Waals surface area contributed by atoms with Crippen LogP contribution in [0.1, 0.15) is 50.9 Å². The van der Waals surface area contributed by atoms with Crippen molar-refractivity contribution in [3.63, 3.8) is 0 Å². The molecule has 0 saturated carbocycles. The number of pyridine rings is 1. The highest BCUT2D eigenvalue weighted by Gasteiger charge is 2.27. The molecule has 1 aliphatic rings. The molecule has 0 spiro atoms. The number of aromatic nitrogens is 3. The Kier molecular flexibility index (Phi) is 4.74. The van der Waals surface area contributed by atoms with Crippen LogP contribution in [-0.2, 0) is 4.74 Å². The van der Waals surface area contributed by atoms with Gasteiger partial charge in [-0.2, -0.15) is 5.10 Å². The molecule has 0 aliphatic carbocycles. The molecule has 30 heavy (non-hydrogen) atoms. The maximum atomic E-state index is 14.0. The van der Waals surface area contributed by atoms with Crippen molar-refractivity contribution in [2.75, 3.05) is 6.61 Å². The maximum absolute atomic E-state index is 14.0. The quantitative estimate of drug-likeness (QED) is 0.437. The van der Waals surface area contributed by atoms with E-state index in [1.54, 1.807) is 6.07 Å². The van der Waals surface area contributed by atoms with Gasteiger partial charge in [-0.05, 0) is 47.9 Å². The third-order valence-corrected chi connectivity index (χ3v) is 5.88. The Hall–Kier alpha value is -2.86. The SMILES string of the molecule is CC(C)c1ncc2cc3c(c[nH][n+]3C3CCCCO3)cc2c1-c1ccc(F)c(F)c1. The number of hydrogen-bond acceptors (Lipinski definition) is 2. The lowest BCUT2D eigenvalue weighted by atomic mass is 9.92. The highest BCUT2D eigenvalue weighted by Crippen LogP contribution is 2.36. The van der Waals surface area contributed by atoms with Gasteiger partial charge < -0.3 is 4.74 Å². The van der Waals surface area contributed by atoms with E-state index in [0.29, 0.717) is 5.56 Å². The van der Waals surface area contributed by atoms with Gasteiger partial charge in [0.15, 0.2) is 11.6 Å². The number of aromatic amines is 1. The fourth-order valence-corrected chi connectivity index (χ4v) is 4.38. The molecule has 5 rings (SSSR count). The number of fused-ring (bicyclic) bond motifs is 2. The van der Waals surface area contributed by atoms with E-state index in [4.69, 9.17) is 9.72 Å². The van der Waals surface area contributed by atoms with E-state index >= 15 is 0 Å². The van der Waals surface area contributed by atoms with E-state index in [0.717, 1.165) is 58.8 Å². The minimum atomic E-state index is -0.853. The number of nitrogens with one attached hydrogen (secondary N) is 1. The number of halogens is 2. The van der Waals surface area contributed by atoms with Crippen molar-refractivity contribution in [1.29, 1.82) is 0 Å². The van der Waals surface area contributed by atoms with E-state index in [2.05, 4.69) is 35.8 Å². The highest BCUT2D eigenvalue weighted by molar-refractivity contribution is 6.03. The van der Waals surface area contributed by atoms with E-state index in [-0.39, 0.29) is 12.1 Å². The van der Waals surface area contributed by atoms with Crippen molar-refractivity contribution in [2.45, 2.75) is 45.3 Å². The fraction of sp³-hybridized carbons (Fsp3) is 0.333. The number of nitrogens with zero attached hydrogens (tertiary/aromatic N) is 2. The monoisotopic (exact) mass is 408 g/mol. The van der Waals surface area contributed by atoms with Gasteiger partial charge in [-0.1, -0.05) is 24.6 Å². The summed E-state index contributed by atoms with van der Waals surface area (Å²) in [7, 11) is 0. The van der Waals surface area contributed by atoms with Crippen LogP contribution in [0.2, 0.25) is 0 Å². The van der Waals surface area contributed by atoms with Gasteiger partial charge in [0.05, 0.1) is 23.9 Å². The minimum Gasteiger partial charge on any atom is -0.319 e. The molecule has 1 N–H and O–H groups in total. The summed E-state index contributed by atoms with van der Waals surface area (Å²) < 4.78 is 35.6. The molecular formula is C24H24F2N3O+. The van der Waals surface area contributed by atoms with E-state index in [1.165, 1.54) is 12.1 Å². The third kappa shape index (κ3) is 3.16. The normalized spacial score (nSPS) is 17.3. The van der Waals surface area contributed by atoms with Crippen LogP contribution in [-0.4, -0.2) is 16.7 Å². The van der Waals surface area contributed by atoms with Gasteiger partial charge in [0.1, 0.15) is 0 Å². The summed E-state index contributed by atoms with van der Waals surface area (Å²) in [5, 5.41) is 6.31. The molecule has 4 nitrogen and oxygen atoms in total. The summed E-state index contributed by atoms with van der Waals surface area (Å²) in [6, 6.07) is 8.26. The molecule has 4 aromatic rings. The molecule has 1 fully saturated rings. The zero-order valence-electron chi connectivity index (χ0n) is 17.1. The van der Waals surface area contributed by atoms with Crippen LogP contribution < -0.4 is 4.68 Å². The summed E-state index contributed by atoms with van der Waals surface area (Å²) in [5.41, 5.74) is 3.40. The second-order valence-electron chi connectivity index (χ2n) is 8.26. The van der Waals surface area contributed by atoms with Gasteiger partial charge in [0, 0.05) is 29.6 Å². The Morgan fingerprint density at radius 2 is 1.97 bits per heavy atom. The van der Waals surface area contributed by atoms with Crippen LogP contribution in [0.15, 0.2) is 42.7 Å². The number of benzene rings is 2. The van der Waals surface area contributed by atoms with E-state index < -0.39 is 11.6 Å². The van der Waals surface area contributed by atoms with Gasteiger partial charge in [0.2, 0.25) is 5.52 Å².